The Hall–Kier alpha value is -1.92. The second kappa shape index (κ2) is 5.60. The van der Waals surface area contributed by atoms with Gasteiger partial charge >= 0.3 is 0 Å². The molecular formula is C14H10BrN3OS. The summed E-state index contributed by atoms with van der Waals surface area (Å²) in [6.07, 6.45) is 5.24. The third-order valence-electron chi connectivity index (χ3n) is 2.73. The largest absolute Gasteiger partial charge is 0.319 e. The Labute approximate surface area is 128 Å². The molecule has 1 N–H and O–H groups in total. The van der Waals surface area contributed by atoms with E-state index in [0.717, 1.165) is 15.2 Å². The average Bonchev–Trinajstić information content (AvgIpc) is 3.10. The SMILES string of the molecule is O=C(Nc1ccccc1-n1ccnc1)c1ccc(Br)s1. The number of nitrogens with zero attached hydrogens (tertiary/aromatic N) is 2. The van der Waals surface area contributed by atoms with Crippen molar-refractivity contribution in [1.82, 2.24) is 9.55 Å². The fraction of sp³-hybridized carbons (Fsp3) is 0. The summed E-state index contributed by atoms with van der Waals surface area (Å²) in [5.74, 6) is -0.117. The zero-order valence-electron chi connectivity index (χ0n) is 10.3. The van der Waals surface area contributed by atoms with Crippen LogP contribution >= 0.6 is 27.3 Å². The van der Waals surface area contributed by atoms with Crippen LogP contribution in [0.25, 0.3) is 5.69 Å². The molecule has 20 heavy (non-hydrogen) atoms. The summed E-state index contributed by atoms with van der Waals surface area (Å²) in [5.41, 5.74) is 1.63. The third kappa shape index (κ3) is 2.66. The number of benzene rings is 1. The topological polar surface area (TPSA) is 46.9 Å². The van der Waals surface area contributed by atoms with E-state index < -0.39 is 0 Å². The summed E-state index contributed by atoms with van der Waals surface area (Å²) in [7, 11) is 0. The molecule has 0 aliphatic carbocycles. The van der Waals surface area contributed by atoms with Crippen molar-refractivity contribution in [3.05, 3.63) is 63.8 Å². The number of anilines is 1. The first-order valence-corrected chi connectivity index (χ1v) is 7.49. The van der Waals surface area contributed by atoms with Crippen LogP contribution in [0, 0.1) is 0 Å². The Bertz CT molecular complexity index is 736. The fourth-order valence-corrected chi connectivity index (χ4v) is 3.11. The second-order valence-corrected chi connectivity index (χ2v) is 6.51. The molecular weight excluding hydrogens is 338 g/mol. The lowest BCUT2D eigenvalue weighted by molar-refractivity contribution is 0.103. The number of para-hydroxylation sites is 2. The van der Waals surface area contributed by atoms with E-state index in [1.807, 2.05) is 41.1 Å². The maximum Gasteiger partial charge on any atom is 0.265 e. The number of hydrogen-bond donors (Lipinski definition) is 1. The van der Waals surface area contributed by atoms with Gasteiger partial charge in [-0.2, -0.15) is 0 Å². The molecule has 6 heteroatoms. The van der Waals surface area contributed by atoms with Crippen molar-refractivity contribution >= 4 is 38.9 Å². The number of hydrogen-bond acceptors (Lipinski definition) is 3. The minimum atomic E-state index is -0.117. The van der Waals surface area contributed by atoms with Crippen LogP contribution in [0.3, 0.4) is 0 Å². The summed E-state index contributed by atoms with van der Waals surface area (Å²) < 4.78 is 2.80. The molecule has 0 aliphatic heterocycles. The molecule has 0 bridgehead atoms. The third-order valence-corrected chi connectivity index (χ3v) is 4.35. The molecule has 2 aromatic heterocycles. The minimum Gasteiger partial charge on any atom is -0.319 e. The first-order chi connectivity index (χ1) is 9.74. The predicted molar refractivity (Wildman–Crippen MR) is 83.5 cm³/mol. The zero-order valence-corrected chi connectivity index (χ0v) is 12.7. The van der Waals surface area contributed by atoms with Crippen LogP contribution in [0.2, 0.25) is 0 Å². The number of thiophene rings is 1. The molecule has 4 nitrogen and oxygen atoms in total. The summed E-state index contributed by atoms with van der Waals surface area (Å²) in [4.78, 5) is 16.9. The molecule has 0 aliphatic rings. The van der Waals surface area contributed by atoms with Gasteiger partial charge in [0, 0.05) is 12.4 Å². The van der Waals surface area contributed by atoms with Gasteiger partial charge in [0.2, 0.25) is 0 Å². The molecule has 0 fully saturated rings. The van der Waals surface area contributed by atoms with Crippen molar-refractivity contribution in [2.45, 2.75) is 0 Å². The smallest absolute Gasteiger partial charge is 0.265 e. The van der Waals surface area contributed by atoms with Crippen LogP contribution in [0.1, 0.15) is 9.67 Å². The highest BCUT2D eigenvalue weighted by atomic mass is 79.9. The van der Waals surface area contributed by atoms with Crippen molar-refractivity contribution in [2.24, 2.45) is 0 Å². The Morgan fingerprint density at radius 2 is 2.10 bits per heavy atom. The highest BCUT2D eigenvalue weighted by Crippen LogP contribution is 2.25. The van der Waals surface area contributed by atoms with Crippen LogP contribution in [0.4, 0.5) is 5.69 Å². The first kappa shape index (κ1) is 13.1. The van der Waals surface area contributed by atoms with Crippen molar-refractivity contribution in [2.75, 3.05) is 5.32 Å². The van der Waals surface area contributed by atoms with Crippen LogP contribution in [0.5, 0.6) is 0 Å². The molecule has 0 radical (unpaired) electrons. The molecule has 100 valence electrons. The van der Waals surface area contributed by atoms with Gasteiger partial charge in [0.1, 0.15) is 0 Å². The van der Waals surface area contributed by atoms with Gasteiger partial charge in [0.05, 0.1) is 26.4 Å². The lowest BCUT2D eigenvalue weighted by Gasteiger charge is -2.10. The monoisotopic (exact) mass is 347 g/mol. The molecule has 0 unspecified atom stereocenters. The zero-order chi connectivity index (χ0) is 13.9. The summed E-state index contributed by atoms with van der Waals surface area (Å²) in [6, 6.07) is 11.3. The van der Waals surface area contributed by atoms with E-state index in [1.165, 1.54) is 11.3 Å². The maximum absolute atomic E-state index is 12.2. The lowest BCUT2D eigenvalue weighted by atomic mass is 10.2. The van der Waals surface area contributed by atoms with E-state index in [0.29, 0.717) is 4.88 Å². The average molecular weight is 348 g/mol. The molecule has 3 rings (SSSR count). The first-order valence-electron chi connectivity index (χ1n) is 5.88. The van der Waals surface area contributed by atoms with Gasteiger partial charge in [-0.1, -0.05) is 12.1 Å². The second-order valence-electron chi connectivity index (χ2n) is 4.04. The van der Waals surface area contributed by atoms with Gasteiger partial charge in [0.25, 0.3) is 5.91 Å². The fourth-order valence-electron chi connectivity index (χ4n) is 1.83. The lowest BCUT2D eigenvalue weighted by Crippen LogP contribution is -2.12. The predicted octanol–water partition coefficient (Wildman–Crippen LogP) is 3.95. The van der Waals surface area contributed by atoms with E-state index in [1.54, 1.807) is 18.6 Å². The van der Waals surface area contributed by atoms with Gasteiger partial charge in [-0.05, 0) is 40.2 Å². The summed E-state index contributed by atoms with van der Waals surface area (Å²) >= 11 is 4.76. The number of imidazole rings is 1. The Morgan fingerprint density at radius 1 is 1.25 bits per heavy atom. The Balaban J connectivity index is 1.90. The van der Waals surface area contributed by atoms with E-state index in [4.69, 9.17) is 0 Å². The number of halogens is 1. The molecule has 3 aromatic rings. The van der Waals surface area contributed by atoms with Crippen LogP contribution in [-0.4, -0.2) is 15.5 Å². The van der Waals surface area contributed by atoms with Gasteiger partial charge in [-0.15, -0.1) is 11.3 Å². The normalized spacial score (nSPS) is 10.4. The van der Waals surface area contributed by atoms with Gasteiger partial charge in [-0.25, -0.2) is 4.98 Å². The molecule has 0 saturated heterocycles. The number of nitrogens with one attached hydrogen (secondary N) is 1. The van der Waals surface area contributed by atoms with E-state index >= 15 is 0 Å². The van der Waals surface area contributed by atoms with Gasteiger partial charge < -0.3 is 9.88 Å². The van der Waals surface area contributed by atoms with Crippen LogP contribution in [-0.2, 0) is 0 Å². The molecule has 0 spiro atoms. The molecule has 1 amide bonds. The van der Waals surface area contributed by atoms with Crippen LogP contribution in [0.15, 0.2) is 58.9 Å². The molecule has 0 saturated carbocycles. The van der Waals surface area contributed by atoms with E-state index in [9.17, 15) is 4.79 Å². The minimum absolute atomic E-state index is 0.117. The highest BCUT2D eigenvalue weighted by molar-refractivity contribution is 9.11. The Kier molecular flexibility index (Phi) is 3.66. The number of rotatable bonds is 3. The standard InChI is InChI=1S/C14H10BrN3OS/c15-13-6-5-12(20-13)14(19)17-10-3-1-2-4-11(10)18-8-7-16-9-18/h1-9H,(H,17,19). The van der Waals surface area contributed by atoms with Crippen LogP contribution < -0.4 is 5.32 Å². The Morgan fingerprint density at radius 3 is 2.80 bits per heavy atom. The van der Waals surface area contributed by atoms with Gasteiger partial charge in [0.15, 0.2) is 0 Å². The number of carbonyl (C=O) groups excluding carboxylic acids is 1. The number of carbonyl (C=O) groups is 1. The highest BCUT2D eigenvalue weighted by Gasteiger charge is 2.11. The van der Waals surface area contributed by atoms with Gasteiger partial charge in [-0.3, -0.25) is 4.79 Å². The van der Waals surface area contributed by atoms with E-state index in [-0.39, 0.29) is 5.91 Å². The number of aromatic nitrogens is 2. The maximum atomic E-state index is 12.2. The molecule has 0 atom stereocenters. The van der Waals surface area contributed by atoms with Crippen molar-refractivity contribution in [3.8, 4) is 5.69 Å². The summed E-state index contributed by atoms with van der Waals surface area (Å²) in [5, 5.41) is 2.93. The van der Waals surface area contributed by atoms with Crippen molar-refractivity contribution in [1.29, 1.82) is 0 Å². The van der Waals surface area contributed by atoms with Crippen molar-refractivity contribution < 1.29 is 4.79 Å². The van der Waals surface area contributed by atoms with E-state index in [2.05, 4.69) is 26.2 Å². The quantitative estimate of drug-likeness (QED) is 0.779. The van der Waals surface area contributed by atoms with Crippen molar-refractivity contribution in [3.63, 3.8) is 0 Å². The molecule has 2 heterocycles. The molecule has 1 aromatic carbocycles. The number of amides is 1. The summed E-state index contributed by atoms with van der Waals surface area (Å²) in [6.45, 7) is 0.